The Bertz CT molecular complexity index is 1770. The maximum Gasteiger partial charge on any atom is 0.254 e. The molecule has 0 saturated carbocycles. The molecule has 1 amide bonds. The molecular weight excluding hydrogens is 558 g/mol. The summed E-state index contributed by atoms with van der Waals surface area (Å²) in [4.78, 5) is 40.8. The van der Waals surface area contributed by atoms with Crippen LogP contribution in [0.2, 0.25) is 0 Å². The molecule has 9 heteroatoms. The number of carbonyl (C=O) groups excluding carboxylic acids is 3. The van der Waals surface area contributed by atoms with Gasteiger partial charge in [0.05, 0.1) is 37.5 Å². The third-order valence-electron chi connectivity index (χ3n) is 8.48. The van der Waals surface area contributed by atoms with Gasteiger partial charge in [0.2, 0.25) is 0 Å². The number of ketones is 2. The molecule has 9 nitrogen and oxygen atoms in total. The van der Waals surface area contributed by atoms with Gasteiger partial charge in [-0.2, -0.15) is 5.10 Å². The van der Waals surface area contributed by atoms with Crippen LogP contribution in [0.25, 0.3) is 22.3 Å². The average molecular weight is 594 g/mol. The molecule has 0 radical (unpaired) electrons. The quantitative estimate of drug-likeness (QED) is 0.242. The molecule has 2 aliphatic rings. The second-order valence-electron chi connectivity index (χ2n) is 11.4. The molecule has 2 aliphatic heterocycles. The Morgan fingerprint density at radius 1 is 0.977 bits per heavy atom. The van der Waals surface area contributed by atoms with Crippen LogP contribution in [-0.2, 0) is 7.05 Å². The van der Waals surface area contributed by atoms with E-state index in [0.717, 1.165) is 22.3 Å². The van der Waals surface area contributed by atoms with Crippen molar-refractivity contribution in [2.24, 2.45) is 7.05 Å². The fraction of sp³-hybridized carbons (Fsp3) is 0.314. The van der Waals surface area contributed by atoms with E-state index >= 15 is 0 Å². The maximum atomic E-state index is 13.7. The number of amides is 1. The van der Waals surface area contributed by atoms with Crippen LogP contribution in [-0.4, -0.2) is 64.6 Å². The number of ether oxygens (including phenoxy) is 3. The number of aromatic nitrogens is 2. The zero-order valence-corrected chi connectivity index (χ0v) is 25.4. The number of hydrogen-bond acceptors (Lipinski definition) is 7. The number of nitrogens with zero attached hydrogens (tertiary/aromatic N) is 3. The highest BCUT2D eigenvalue weighted by Crippen LogP contribution is 2.43. The van der Waals surface area contributed by atoms with Crippen molar-refractivity contribution in [1.29, 1.82) is 0 Å². The molecule has 1 fully saturated rings. The van der Waals surface area contributed by atoms with Crippen molar-refractivity contribution in [3.8, 4) is 39.5 Å². The summed E-state index contributed by atoms with van der Waals surface area (Å²) in [5.74, 6) is 1.54. The lowest BCUT2D eigenvalue weighted by Gasteiger charge is -2.44. The number of rotatable bonds is 7. The van der Waals surface area contributed by atoms with Gasteiger partial charge >= 0.3 is 0 Å². The van der Waals surface area contributed by atoms with E-state index in [9.17, 15) is 14.4 Å². The molecule has 0 aliphatic carbocycles. The van der Waals surface area contributed by atoms with E-state index < -0.39 is 5.60 Å². The Kier molecular flexibility index (Phi) is 7.71. The molecule has 0 bridgehead atoms. The van der Waals surface area contributed by atoms with Crippen molar-refractivity contribution in [2.75, 3.05) is 26.8 Å². The normalized spacial score (nSPS) is 15.5. The number of Topliss-reactive ketones (excluding diaryl/α,β-unsaturated/α-hetero) is 2. The van der Waals surface area contributed by atoms with Gasteiger partial charge in [-0.3, -0.25) is 19.1 Å². The SMILES string of the molecule is CCOc1cc(C(=O)N2CCC3(CC2)CC(=O)c2cc(-c4cccc(C(C)=O)c4)ccc2O3)cc(OC)c1-c1cnn(C)c1. The number of likely N-dealkylation sites (tertiary alicyclic amines) is 1. The number of aryl methyl sites for hydroxylation is 1. The Morgan fingerprint density at radius 3 is 2.41 bits per heavy atom. The van der Waals surface area contributed by atoms with E-state index in [1.807, 2.05) is 56.6 Å². The third-order valence-corrected chi connectivity index (χ3v) is 8.48. The highest BCUT2D eigenvalue weighted by molar-refractivity contribution is 6.02. The molecule has 4 aromatic rings. The van der Waals surface area contributed by atoms with E-state index in [1.165, 1.54) is 6.92 Å². The van der Waals surface area contributed by atoms with Crippen LogP contribution < -0.4 is 14.2 Å². The van der Waals surface area contributed by atoms with Crippen molar-refractivity contribution in [3.63, 3.8) is 0 Å². The summed E-state index contributed by atoms with van der Waals surface area (Å²) in [5.41, 5.74) is 4.30. The van der Waals surface area contributed by atoms with Crippen molar-refractivity contribution in [1.82, 2.24) is 14.7 Å². The lowest BCUT2D eigenvalue weighted by molar-refractivity contribution is -0.00572. The van der Waals surface area contributed by atoms with Gasteiger partial charge in [-0.1, -0.05) is 24.3 Å². The van der Waals surface area contributed by atoms with Crippen LogP contribution >= 0.6 is 0 Å². The molecule has 1 saturated heterocycles. The van der Waals surface area contributed by atoms with Crippen LogP contribution in [0.1, 0.15) is 64.2 Å². The average Bonchev–Trinajstić information content (AvgIpc) is 3.46. The topological polar surface area (TPSA) is 100.0 Å². The first kappa shape index (κ1) is 29.2. The van der Waals surface area contributed by atoms with Crippen molar-refractivity contribution >= 4 is 17.5 Å². The minimum atomic E-state index is -0.657. The number of methoxy groups -OCH3 is 1. The molecular formula is C35H35N3O6. The van der Waals surface area contributed by atoms with Crippen molar-refractivity contribution in [3.05, 3.63) is 83.7 Å². The first-order valence-electron chi connectivity index (χ1n) is 14.8. The minimum absolute atomic E-state index is 0.00777. The largest absolute Gasteiger partial charge is 0.496 e. The summed E-state index contributed by atoms with van der Waals surface area (Å²) in [6.45, 7) is 4.77. The summed E-state index contributed by atoms with van der Waals surface area (Å²) >= 11 is 0. The second-order valence-corrected chi connectivity index (χ2v) is 11.4. The fourth-order valence-corrected chi connectivity index (χ4v) is 6.15. The summed E-state index contributed by atoms with van der Waals surface area (Å²) < 4.78 is 19.9. The van der Waals surface area contributed by atoms with Crippen molar-refractivity contribution < 1.29 is 28.6 Å². The predicted octanol–water partition coefficient (Wildman–Crippen LogP) is 6.00. The molecule has 3 aromatic carbocycles. The van der Waals surface area contributed by atoms with Gasteiger partial charge in [-0.25, -0.2) is 0 Å². The summed E-state index contributed by atoms with van der Waals surface area (Å²) in [6, 6.07) is 16.5. The smallest absolute Gasteiger partial charge is 0.254 e. The lowest BCUT2D eigenvalue weighted by atomic mass is 9.81. The Morgan fingerprint density at radius 2 is 1.73 bits per heavy atom. The first-order chi connectivity index (χ1) is 21.2. The van der Waals surface area contributed by atoms with E-state index in [1.54, 1.807) is 41.1 Å². The zero-order valence-electron chi connectivity index (χ0n) is 25.4. The van der Waals surface area contributed by atoms with Gasteiger partial charge in [0.1, 0.15) is 22.8 Å². The van der Waals surface area contributed by atoms with Gasteiger partial charge in [0, 0.05) is 55.9 Å². The number of hydrogen-bond donors (Lipinski definition) is 0. The minimum Gasteiger partial charge on any atom is -0.496 e. The molecule has 0 unspecified atom stereocenters. The van der Waals surface area contributed by atoms with Crippen LogP contribution in [0.3, 0.4) is 0 Å². The molecule has 6 rings (SSSR count). The van der Waals surface area contributed by atoms with Gasteiger partial charge in [-0.05, 0) is 55.3 Å². The van der Waals surface area contributed by atoms with Crippen LogP contribution in [0, 0.1) is 0 Å². The van der Waals surface area contributed by atoms with Crippen LogP contribution in [0.5, 0.6) is 17.2 Å². The number of piperidine rings is 1. The van der Waals surface area contributed by atoms with Crippen LogP contribution in [0.15, 0.2) is 67.0 Å². The van der Waals surface area contributed by atoms with Gasteiger partial charge in [-0.15, -0.1) is 0 Å². The van der Waals surface area contributed by atoms with Gasteiger partial charge < -0.3 is 19.1 Å². The summed E-state index contributed by atoms with van der Waals surface area (Å²) in [6.07, 6.45) is 4.94. The Labute approximate surface area is 256 Å². The Hall–Kier alpha value is -4.92. The number of fused-ring (bicyclic) bond motifs is 1. The second kappa shape index (κ2) is 11.6. The van der Waals surface area contributed by atoms with Gasteiger partial charge in [0.25, 0.3) is 5.91 Å². The lowest BCUT2D eigenvalue weighted by Crippen LogP contribution is -2.52. The highest BCUT2D eigenvalue weighted by Gasteiger charge is 2.44. The van der Waals surface area contributed by atoms with Gasteiger partial charge in [0.15, 0.2) is 11.6 Å². The molecule has 0 N–H and O–H groups in total. The highest BCUT2D eigenvalue weighted by atomic mass is 16.5. The molecule has 226 valence electrons. The van der Waals surface area contributed by atoms with E-state index in [2.05, 4.69) is 5.10 Å². The van der Waals surface area contributed by atoms with E-state index in [4.69, 9.17) is 14.2 Å². The van der Waals surface area contributed by atoms with Crippen molar-refractivity contribution in [2.45, 2.75) is 38.7 Å². The Balaban J connectivity index is 1.19. The number of benzene rings is 3. The molecule has 1 aromatic heterocycles. The summed E-state index contributed by atoms with van der Waals surface area (Å²) in [7, 11) is 3.42. The molecule has 44 heavy (non-hydrogen) atoms. The zero-order chi connectivity index (χ0) is 31.0. The molecule has 3 heterocycles. The monoisotopic (exact) mass is 593 g/mol. The fourth-order valence-electron chi connectivity index (χ4n) is 6.15. The predicted molar refractivity (Wildman–Crippen MR) is 166 cm³/mol. The molecule has 1 spiro atoms. The number of carbonyl (C=O) groups is 3. The summed E-state index contributed by atoms with van der Waals surface area (Å²) in [5, 5.41) is 4.27. The van der Waals surface area contributed by atoms with E-state index in [-0.39, 0.29) is 23.9 Å². The maximum absolute atomic E-state index is 13.7. The third kappa shape index (κ3) is 5.45. The standard InChI is InChI=1S/C35H35N3O6/c1-5-43-32-18-26(17-31(42-4)33(32)27-20-36-37(3)21-27)34(41)38-13-11-35(12-14-38)19-29(40)28-16-25(9-10-30(28)44-35)24-8-6-7-23(15-24)22(2)39/h6-10,15-18,20-21H,5,11-14,19H2,1-4H3. The molecule has 0 atom stereocenters. The van der Waals surface area contributed by atoms with E-state index in [0.29, 0.717) is 66.5 Å². The first-order valence-corrected chi connectivity index (χ1v) is 14.8. The van der Waals surface area contributed by atoms with Crippen LogP contribution in [0.4, 0.5) is 0 Å².